The molecule has 0 saturated carbocycles. The summed E-state index contributed by atoms with van der Waals surface area (Å²) in [6, 6.07) is 14.4. The molecule has 0 spiro atoms. The van der Waals surface area contributed by atoms with Crippen LogP contribution >= 0.6 is 22.9 Å². The van der Waals surface area contributed by atoms with Crippen LogP contribution in [0.3, 0.4) is 0 Å². The summed E-state index contributed by atoms with van der Waals surface area (Å²) in [5.74, 6) is 0.719. The number of hydrogen-bond acceptors (Lipinski definition) is 3. The number of likely N-dealkylation sites (tertiary alicyclic amines) is 1. The third-order valence-electron chi connectivity index (χ3n) is 5.37. The molecule has 3 nitrogen and oxygen atoms in total. The first-order valence-electron chi connectivity index (χ1n) is 9.48. The Kier molecular flexibility index (Phi) is 5.46. The molecule has 1 fully saturated rings. The highest BCUT2D eigenvalue weighted by Crippen LogP contribution is 2.34. The van der Waals surface area contributed by atoms with E-state index in [9.17, 15) is 4.79 Å². The van der Waals surface area contributed by atoms with E-state index >= 15 is 0 Å². The summed E-state index contributed by atoms with van der Waals surface area (Å²) in [6.45, 7) is 3.65. The zero-order chi connectivity index (χ0) is 18.8. The molecule has 0 aliphatic carbocycles. The van der Waals surface area contributed by atoms with Crippen LogP contribution in [0.1, 0.15) is 41.3 Å². The lowest BCUT2D eigenvalue weighted by molar-refractivity contribution is -0.132. The molecule has 0 unspecified atom stereocenters. The van der Waals surface area contributed by atoms with Crippen molar-refractivity contribution in [2.24, 2.45) is 0 Å². The van der Waals surface area contributed by atoms with Crippen molar-refractivity contribution in [2.75, 3.05) is 13.1 Å². The fourth-order valence-electron chi connectivity index (χ4n) is 3.64. The number of carbonyl (C=O) groups excluding carboxylic acids is 1. The Hall–Kier alpha value is -1.91. The summed E-state index contributed by atoms with van der Waals surface area (Å²) in [5.41, 5.74) is 3.29. The molecule has 1 aliphatic rings. The van der Waals surface area contributed by atoms with Crippen LogP contribution in [0.25, 0.3) is 10.2 Å². The number of halogens is 1. The van der Waals surface area contributed by atoms with Gasteiger partial charge in [0, 0.05) is 30.5 Å². The monoisotopic (exact) mass is 398 g/mol. The van der Waals surface area contributed by atoms with Gasteiger partial charge in [0.15, 0.2) is 0 Å². The Bertz CT molecular complexity index is 927. The smallest absolute Gasteiger partial charge is 0.222 e. The van der Waals surface area contributed by atoms with E-state index in [1.807, 2.05) is 30.0 Å². The molecule has 3 aromatic rings. The predicted octanol–water partition coefficient (Wildman–Crippen LogP) is 5.60. The Morgan fingerprint density at radius 1 is 1.22 bits per heavy atom. The summed E-state index contributed by atoms with van der Waals surface area (Å²) in [6.07, 6.45) is 3.30. The number of amides is 1. The molecule has 5 heteroatoms. The molecule has 2 aromatic carbocycles. The van der Waals surface area contributed by atoms with E-state index in [1.165, 1.54) is 9.71 Å². The van der Waals surface area contributed by atoms with Gasteiger partial charge in [-0.2, -0.15) is 0 Å². The van der Waals surface area contributed by atoms with Gasteiger partial charge in [-0.05, 0) is 55.5 Å². The van der Waals surface area contributed by atoms with Crippen LogP contribution in [0.4, 0.5) is 0 Å². The van der Waals surface area contributed by atoms with E-state index in [4.69, 9.17) is 16.6 Å². The molecule has 0 bridgehead atoms. The van der Waals surface area contributed by atoms with Crippen LogP contribution in [0.2, 0.25) is 5.02 Å². The molecule has 1 aromatic heterocycles. The maximum absolute atomic E-state index is 12.6. The van der Waals surface area contributed by atoms with Crippen LogP contribution < -0.4 is 0 Å². The van der Waals surface area contributed by atoms with Gasteiger partial charge in [0.1, 0.15) is 0 Å². The van der Waals surface area contributed by atoms with E-state index in [2.05, 4.69) is 24.3 Å². The highest BCUT2D eigenvalue weighted by molar-refractivity contribution is 7.18. The van der Waals surface area contributed by atoms with Crippen molar-refractivity contribution in [3.63, 3.8) is 0 Å². The minimum Gasteiger partial charge on any atom is -0.343 e. The molecule has 1 aliphatic heterocycles. The summed E-state index contributed by atoms with van der Waals surface area (Å²) in [5, 5.41) is 1.99. The molecule has 1 amide bonds. The first-order valence-corrected chi connectivity index (χ1v) is 10.7. The minimum absolute atomic E-state index is 0.245. The van der Waals surface area contributed by atoms with Gasteiger partial charge in [-0.3, -0.25) is 4.79 Å². The van der Waals surface area contributed by atoms with Gasteiger partial charge < -0.3 is 4.90 Å². The van der Waals surface area contributed by atoms with Crippen LogP contribution in [0.5, 0.6) is 0 Å². The van der Waals surface area contributed by atoms with Gasteiger partial charge in [0.2, 0.25) is 5.91 Å². The van der Waals surface area contributed by atoms with Crippen molar-refractivity contribution < 1.29 is 4.79 Å². The number of rotatable bonds is 4. The van der Waals surface area contributed by atoms with Gasteiger partial charge >= 0.3 is 0 Å². The van der Waals surface area contributed by atoms with E-state index in [-0.39, 0.29) is 5.91 Å². The maximum Gasteiger partial charge on any atom is 0.222 e. The summed E-state index contributed by atoms with van der Waals surface area (Å²) in [7, 11) is 0. The SMILES string of the molecule is Cc1ccc(CCC(=O)N2CCC(c3nc4ccccc4s3)CC2)cc1Cl. The molecule has 27 heavy (non-hydrogen) atoms. The first kappa shape index (κ1) is 18.5. The number of hydrogen-bond donors (Lipinski definition) is 0. The fourth-order valence-corrected chi connectivity index (χ4v) is 4.98. The van der Waals surface area contributed by atoms with Gasteiger partial charge in [-0.1, -0.05) is 35.9 Å². The number of para-hydroxylation sites is 1. The van der Waals surface area contributed by atoms with Crippen molar-refractivity contribution in [1.82, 2.24) is 9.88 Å². The highest BCUT2D eigenvalue weighted by Gasteiger charge is 2.25. The average Bonchev–Trinajstić information content (AvgIpc) is 3.13. The number of aromatic nitrogens is 1. The van der Waals surface area contributed by atoms with Gasteiger partial charge in [0.25, 0.3) is 0 Å². The summed E-state index contributed by atoms with van der Waals surface area (Å²) in [4.78, 5) is 19.4. The number of aryl methyl sites for hydroxylation is 2. The Balaban J connectivity index is 1.31. The predicted molar refractivity (Wildman–Crippen MR) is 113 cm³/mol. The number of piperidine rings is 1. The minimum atomic E-state index is 0.245. The summed E-state index contributed by atoms with van der Waals surface area (Å²) < 4.78 is 1.25. The molecule has 0 atom stereocenters. The zero-order valence-corrected chi connectivity index (χ0v) is 17.0. The second-order valence-corrected chi connectivity index (χ2v) is 8.73. The normalized spacial score (nSPS) is 15.4. The van der Waals surface area contributed by atoms with Crippen molar-refractivity contribution in [3.05, 3.63) is 63.6 Å². The Morgan fingerprint density at radius 2 is 2.00 bits per heavy atom. The largest absolute Gasteiger partial charge is 0.343 e. The molecule has 0 N–H and O–H groups in total. The second kappa shape index (κ2) is 7.99. The van der Waals surface area contributed by atoms with E-state index in [0.29, 0.717) is 12.3 Å². The van der Waals surface area contributed by atoms with Gasteiger partial charge in [0.05, 0.1) is 15.2 Å². The standard InChI is InChI=1S/C22H23ClN2OS/c1-15-6-7-16(14-18(15)23)8-9-21(26)25-12-10-17(11-13-25)22-24-19-4-2-3-5-20(19)27-22/h2-7,14,17H,8-13H2,1H3. The van der Waals surface area contributed by atoms with Crippen LogP contribution in [-0.4, -0.2) is 28.9 Å². The summed E-state index contributed by atoms with van der Waals surface area (Å²) >= 11 is 7.98. The number of benzene rings is 2. The van der Waals surface area contributed by atoms with Gasteiger partial charge in [-0.25, -0.2) is 4.98 Å². The molecular weight excluding hydrogens is 376 g/mol. The molecule has 2 heterocycles. The first-order chi connectivity index (χ1) is 13.1. The lowest BCUT2D eigenvalue weighted by atomic mass is 9.97. The highest BCUT2D eigenvalue weighted by atomic mass is 35.5. The Morgan fingerprint density at radius 3 is 2.74 bits per heavy atom. The number of thiazole rings is 1. The third kappa shape index (κ3) is 4.17. The van der Waals surface area contributed by atoms with Crippen molar-refractivity contribution in [1.29, 1.82) is 0 Å². The van der Waals surface area contributed by atoms with Crippen molar-refractivity contribution in [2.45, 2.75) is 38.5 Å². The fraction of sp³-hybridized carbons (Fsp3) is 0.364. The zero-order valence-electron chi connectivity index (χ0n) is 15.5. The molecule has 0 radical (unpaired) electrons. The second-order valence-electron chi connectivity index (χ2n) is 7.26. The third-order valence-corrected chi connectivity index (χ3v) is 6.98. The van der Waals surface area contributed by atoms with Gasteiger partial charge in [-0.15, -0.1) is 11.3 Å². The molecule has 1 saturated heterocycles. The quantitative estimate of drug-likeness (QED) is 0.573. The molecule has 4 rings (SSSR count). The van der Waals surface area contributed by atoms with Crippen LogP contribution in [0.15, 0.2) is 42.5 Å². The maximum atomic E-state index is 12.6. The lowest BCUT2D eigenvalue weighted by Crippen LogP contribution is -2.38. The topological polar surface area (TPSA) is 33.2 Å². The number of fused-ring (bicyclic) bond motifs is 1. The molecule has 140 valence electrons. The van der Waals surface area contributed by atoms with Crippen LogP contribution in [0, 0.1) is 6.92 Å². The average molecular weight is 399 g/mol. The van der Waals surface area contributed by atoms with Crippen molar-refractivity contribution >= 4 is 39.1 Å². The number of nitrogens with zero attached hydrogens (tertiary/aromatic N) is 2. The van der Waals surface area contributed by atoms with E-state index in [0.717, 1.165) is 54.0 Å². The van der Waals surface area contributed by atoms with Crippen LogP contribution in [-0.2, 0) is 11.2 Å². The van der Waals surface area contributed by atoms with E-state index < -0.39 is 0 Å². The lowest BCUT2D eigenvalue weighted by Gasteiger charge is -2.31. The molecular formula is C22H23ClN2OS. The Labute approximate surface area is 169 Å². The van der Waals surface area contributed by atoms with Crippen molar-refractivity contribution in [3.8, 4) is 0 Å². The number of carbonyl (C=O) groups is 1. The van der Waals surface area contributed by atoms with E-state index in [1.54, 1.807) is 11.3 Å².